The molecule has 0 saturated carbocycles. The molecule has 4 nitrogen and oxygen atoms in total. The van der Waals surface area contributed by atoms with Crippen LogP contribution in [0, 0.1) is 0 Å². The lowest BCUT2D eigenvalue weighted by atomic mass is 10.2. The Morgan fingerprint density at radius 3 is 2.80 bits per heavy atom. The zero-order valence-electron chi connectivity index (χ0n) is 12.1. The normalized spacial score (nSPS) is 10.6. The second-order valence-corrected chi connectivity index (χ2v) is 5.08. The summed E-state index contributed by atoms with van der Waals surface area (Å²) in [5.41, 5.74) is 2.12. The molecule has 2 rings (SSSR count). The first kappa shape index (κ1) is 14.8. The molecule has 0 unspecified atom stereocenters. The largest absolute Gasteiger partial charge is 0.493 e. The molecule has 1 aromatic heterocycles. The SMILES string of the molecule is CCNCc1csc(-c2ccc(OCC)c(OC)c2)n1. The molecule has 108 valence electrons. The van der Waals surface area contributed by atoms with Gasteiger partial charge in [-0.15, -0.1) is 11.3 Å². The maximum atomic E-state index is 5.53. The summed E-state index contributed by atoms with van der Waals surface area (Å²) < 4.78 is 10.9. The van der Waals surface area contributed by atoms with E-state index < -0.39 is 0 Å². The molecule has 0 aliphatic carbocycles. The molecule has 0 aliphatic rings. The number of methoxy groups -OCH3 is 1. The monoisotopic (exact) mass is 292 g/mol. The summed E-state index contributed by atoms with van der Waals surface area (Å²) in [4.78, 5) is 4.63. The number of hydrogen-bond donors (Lipinski definition) is 1. The lowest BCUT2D eigenvalue weighted by Crippen LogP contribution is -2.11. The lowest BCUT2D eigenvalue weighted by Gasteiger charge is -2.09. The third kappa shape index (κ3) is 3.49. The molecule has 0 spiro atoms. The fourth-order valence-corrected chi connectivity index (χ4v) is 2.67. The van der Waals surface area contributed by atoms with Gasteiger partial charge in [-0.25, -0.2) is 4.98 Å². The predicted octanol–water partition coefficient (Wildman–Crippen LogP) is 3.33. The Morgan fingerprint density at radius 1 is 1.25 bits per heavy atom. The molecule has 0 bridgehead atoms. The van der Waals surface area contributed by atoms with Gasteiger partial charge in [0.1, 0.15) is 5.01 Å². The topological polar surface area (TPSA) is 43.4 Å². The number of thiazole rings is 1. The molecule has 5 heteroatoms. The Bertz CT molecular complexity index is 555. The smallest absolute Gasteiger partial charge is 0.161 e. The van der Waals surface area contributed by atoms with Crippen LogP contribution >= 0.6 is 11.3 Å². The van der Waals surface area contributed by atoms with Gasteiger partial charge in [-0.1, -0.05) is 6.92 Å². The molecular weight excluding hydrogens is 272 g/mol. The van der Waals surface area contributed by atoms with Gasteiger partial charge in [0.15, 0.2) is 11.5 Å². The zero-order chi connectivity index (χ0) is 14.4. The molecule has 0 fully saturated rings. The van der Waals surface area contributed by atoms with E-state index in [-0.39, 0.29) is 0 Å². The minimum absolute atomic E-state index is 0.625. The minimum Gasteiger partial charge on any atom is -0.493 e. The van der Waals surface area contributed by atoms with Gasteiger partial charge in [-0.05, 0) is 31.7 Å². The number of hydrogen-bond acceptors (Lipinski definition) is 5. The van der Waals surface area contributed by atoms with Crippen LogP contribution in [0.1, 0.15) is 19.5 Å². The van der Waals surface area contributed by atoms with E-state index in [1.54, 1.807) is 18.4 Å². The summed E-state index contributed by atoms with van der Waals surface area (Å²) >= 11 is 1.64. The van der Waals surface area contributed by atoms with Crippen molar-refractivity contribution >= 4 is 11.3 Å². The maximum absolute atomic E-state index is 5.53. The molecule has 2 aromatic rings. The van der Waals surface area contributed by atoms with E-state index in [9.17, 15) is 0 Å². The van der Waals surface area contributed by atoms with Crippen molar-refractivity contribution in [3.63, 3.8) is 0 Å². The number of nitrogens with zero attached hydrogens (tertiary/aromatic N) is 1. The predicted molar refractivity (Wildman–Crippen MR) is 82.7 cm³/mol. The molecule has 0 amide bonds. The summed E-state index contributed by atoms with van der Waals surface area (Å²) in [6.07, 6.45) is 0. The Labute approximate surface area is 123 Å². The van der Waals surface area contributed by atoms with E-state index in [1.165, 1.54) is 0 Å². The first-order chi connectivity index (χ1) is 9.78. The van der Waals surface area contributed by atoms with Crippen LogP contribution in [0.15, 0.2) is 23.6 Å². The average Bonchev–Trinajstić information content (AvgIpc) is 2.94. The number of aromatic nitrogens is 1. The molecular formula is C15H20N2O2S. The Morgan fingerprint density at radius 2 is 2.10 bits per heavy atom. The standard InChI is InChI=1S/C15H20N2O2S/c1-4-16-9-12-10-20-15(17-12)11-6-7-13(19-5-2)14(8-11)18-3/h6-8,10,16H,4-5,9H2,1-3H3. The molecule has 1 heterocycles. The van der Waals surface area contributed by atoms with Crippen molar-refractivity contribution in [1.82, 2.24) is 10.3 Å². The molecule has 1 aromatic carbocycles. The Kier molecular flexibility index (Phi) is 5.38. The van der Waals surface area contributed by atoms with E-state index in [2.05, 4.69) is 22.6 Å². The van der Waals surface area contributed by atoms with Crippen LogP contribution < -0.4 is 14.8 Å². The highest BCUT2D eigenvalue weighted by molar-refractivity contribution is 7.13. The van der Waals surface area contributed by atoms with Gasteiger partial charge in [-0.3, -0.25) is 0 Å². The summed E-state index contributed by atoms with van der Waals surface area (Å²) in [7, 11) is 1.65. The number of nitrogens with one attached hydrogen (secondary N) is 1. The molecule has 20 heavy (non-hydrogen) atoms. The minimum atomic E-state index is 0.625. The molecule has 0 aliphatic heterocycles. The van der Waals surface area contributed by atoms with E-state index in [1.807, 2.05) is 25.1 Å². The highest BCUT2D eigenvalue weighted by atomic mass is 32.1. The first-order valence-electron chi connectivity index (χ1n) is 6.74. The van der Waals surface area contributed by atoms with Crippen molar-refractivity contribution < 1.29 is 9.47 Å². The molecule has 0 atom stereocenters. The summed E-state index contributed by atoms with van der Waals surface area (Å²) in [5.74, 6) is 1.51. The van der Waals surface area contributed by atoms with Crippen LogP contribution in [0.25, 0.3) is 10.6 Å². The second kappa shape index (κ2) is 7.26. The number of rotatable bonds is 7. The van der Waals surface area contributed by atoms with E-state index in [0.29, 0.717) is 6.61 Å². The van der Waals surface area contributed by atoms with Crippen molar-refractivity contribution in [2.75, 3.05) is 20.3 Å². The van der Waals surface area contributed by atoms with Crippen LogP contribution in [0.3, 0.4) is 0 Å². The van der Waals surface area contributed by atoms with Gasteiger partial charge in [-0.2, -0.15) is 0 Å². The zero-order valence-corrected chi connectivity index (χ0v) is 12.9. The summed E-state index contributed by atoms with van der Waals surface area (Å²) in [6, 6.07) is 5.92. The van der Waals surface area contributed by atoms with Crippen LogP contribution in [0.4, 0.5) is 0 Å². The van der Waals surface area contributed by atoms with Crippen LogP contribution in [0.5, 0.6) is 11.5 Å². The average molecular weight is 292 g/mol. The van der Waals surface area contributed by atoms with Gasteiger partial charge in [0, 0.05) is 17.5 Å². The third-order valence-corrected chi connectivity index (χ3v) is 3.76. The van der Waals surface area contributed by atoms with Crippen molar-refractivity contribution in [1.29, 1.82) is 0 Å². The van der Waals surface area contributed by atoms with Gasteiger partial charge in [0.25, 0.3) is 0 Å². The Balaban J connectivity index is 2.21. The van der Waals surface area contributed by atoms with Crippen molar-refractivity contribution in [2.24, 2.45) is 0 Å². The molecule has 0 saturated heterocycles. The van der Waals surface area contributed by atoms with E-state index in [0.717, 1.165) is 40.9 Å². The summed E-state index contributed by atoms with van der Waals surface area (Å²) in [6.45, 7) is 6.43. The highest BCUT2D eigenvalue weighted by Crippen LogP contribution is 2.33. The van der Waals surface area contributed by atoms with Crippen molar-refractivity contribution in [3.8, 4) is 22.1 Å². The van der Waals surface area contributed by atoms with Gasteiger partial charge < -0.3 is 14.8 Å². The lowest BCUT2D eigenvalue weighted by molar-refractivity contribution is 0.311. The third-order valence-electron chi connectivity index (χ3n) is 2.82. The quantitative estimate of drug-likeness (QED) is 0.850. The van der Waals surface area contributed by atoms with Gasteiger partial charge in [0.05, 0.1) is 19.4 Å². The van der Waals surface area contributed by atoms with Crippen molar-refractivity contribution in [2.45, 2.75) is 20.4 Å². The van der Waals surface area contributed by atoms with Gasteiger partial charge >= 0.3 is 0 Å². The van der Waals surface area contributed by atoms with E-state index >= 15 is 0 Å². The van der Waals surface area contributed by atoms with Crippen LogP contribution in [0.2, 0.25) is 0 Å². The maximum Gasteiger partial charge on any atom is 0.161 e. The van der Waals surface area contributed by atoms with Crippen LogP contribution in [-0.4, -0.2) is 25.2 Å². The fourth-order valence-electron chi connectivity index (χ4n) is 1.85. The first-order valence-corrected chi connectivity index (χ1v) is 7.62. The highest BCUT2D eigenvalue weighted by Gasteiger charge is 2.09. The van der Waals surface area contributed by atoms with E-state index in [4.69, 9.17) is 9.47 Å². The molecule has 0 radical (unpaired) electrons. The second-order valence-electron chi connectivity index (χ2n) is 4.22. The summed E-state index contributed by atoms with van der Waals surface area (Å²) in [5, 5.41) is 6.36. The Hall–Kier alpha value is -1.59. The van der Waals surface area contributed by atoms with Crippen molar-refractivity contribution in [3.05, 3.63) is 29.3 Å². The fraction of sp³-hybridized carbons (Fsp3) is 0.400. The molecule has 1 N–H and O–H groups in total. The van der Waals surface area contributed by atoms with Crippen LogP contribution in [-0.2, 0) is 6.54 Å². The van der Waals surface area contributed by atoms with Gasteiger partial charge in [0.2, 0.25) is 0 Å². The number of ether oxygens (including phenoxy) is 2. The number of benzene rings is 1.